The first-order chi connectivity index (χ1) is 17.4. The van der Waals surface area contributed by atoms with Gasteiger partial charge in [-0.15, -0.1) is 0 Å². The van der Waals surface area contributed by atoms with Gasteiger partial charge in [-0.05, 0) is 52.8 Å². The molecule has 0 aliphatic carbocycles. The Balaban J connectivity index is 2.01. The number of alkyl halides is 3. The highest BCUT2D eigenvalue weighted by molar-refractivity contribution is 7.93. The van der Waals surface area contributed by atoms with Crippen molar-refractivity contribution < 1.29 is 35.9 Å². The first-order valence-electron chi connectivity index (χ1n) is 11.4. The molecule has 0 radical (unpaired) electrons. The molecule has 0 bridgehead atoms. The fourth-order valence-corrected chi connectivity index (χ4v) is 5.55. The van der Waals surface area contributed by atoms with E-state index in [9.17, 15) is 31.6 Å². The molecule has 0 saturated carbocycles. The van der Waals surface area contributed by atoms with Gasteiger partial charge in [0.05, 0.1) is 23.7 Å². The van der Waals surface area contributed by atoms with Gasteiger partial charge in [0.1, 0.15) is 16.7 Å². The number of aryl methyl sites for hydroxylation is 1. The smallest absolute Gasteiger partial charge is 0.427 e. The summed E-state index contributed by atoms with van der Waals surface area (Å²) in [5.41, 5.74) is -3.63. The molecule has 1 aromatic heterocycles. The molecule has 208 valence electrons. The Morgan fingerprint density at radius 1 is 1.32 bits per heavy atom. The number of hydrogen-bond acceptors (Lipinski definition) is 7. The summed E-state index contributed by atoms with van der Waals surface area (Å²) >= 11 is 6.14. The number of halogens is 4. The number of carbonyl (C=O) groups excluding carboxylic acids is 1. The molecule has 1 aromatic carbocycles. The zero-order valence-corrected chi connectivity index (χ0v) is 22.8. The van der Waals surface area contributed by atoms with Gasteiger partial charge in [0.25, 0.3) is 10.0 Å². The lowest BCUT2D eigenvalue weighted by molar-refractivity contribution is -0.242. The normalized spacial score (nSPS) is 16.3. The summed E-state index contributed by atoms with van der Waals surface area (Å²) in [6.07, 6.45) is -5.45. The summed E-state index contributed by atoms with van der Waals surface area (Å²) < 4.78 is 79.7. The molecule has 3 rings (SSSR count). The van der Waals surface area contributed by atoms with Crippen molar-refractivity contribution in [2.45, 2.75) is 70.4 Å². The number of nitrogens with one attached hydrogen (secondary N) is 1. The second-order valence-electron chi connectivity index (χ2n) is 9.82. The molecule has 0 fully saturated rings. The highest BCUT2D eigenvalue weighted by atomic mass is 35.5. The minimum absolute atomic E-state index is 0.00390. The van der Waals surface area contributed by atoms with Gasteiger partial charge in [-0.3, -0.25) is 14.3 Å². The lowest BCUT2D eigenvalue weighted by atomic mass is 9.88. The summed E-state index contributed by atoms with van der Waals surface area (Å²) in [4.78, 5) is 11.9. The van der Waals surface area contributed by atoms with Crippen LogP contribution in [0, 0.1) is 16.7 Å². The van der Waals surface area contributed by atoms with Crippen molar-refractivity contribution in [3.8, 4) is 11.8 Å². The first kappa shape index (κ1) is 29.4. The van der Waals surface area contributed by atoms with Gasteiger partial charge in [-0.2, -0.15) is 23.5 Å². The Morgan fingerprint density at radius 3 is 2.53 bits per heavy atom. The number of benzene rings is 1. The molecule has 2 aromatic rings. The summed E-state index contributed by atoms with van der Waals surface area (Å²) in [5.74, 6) is 0.118. The maximum atomic E-state index is 13.7. The van der Waals surface area contributed by atoms with Crippen LogP contribution in [0.1, 0.15) is 41.0 Å². The predicted molar refractivity (Wildman–Crippen MR) is 133 cm³/mol. The molecule has 1 aliphatic heterocycles. The third kappa shape index (κ3) is 6.10. The Labute approximate surface area is 223 Å². The first-order valence-corrected chi connectivity index (χ1v) is 13.3. The van der Waals surface area contributed by atoms with E-state index >= 15 is 0 Å². The predicted octanol–water partition coefficient (Wildman–Crippen LogP) is 5.34. The average Bonchev–Trinajstić information content (AvgIpc) is 3.19. The largest absolute Gasteiger partial charge is 0.486 e. The van der Waals surface area contributed by atoms with Crippen LogP contribution < -0.4 is 14.4 Å². The molecule has 0 spiro atoms. The number of amides is 1. The van der Waals surface area contributed by atoms with Crippen LogP contribution in [0.4, 0.5) is 29.3 Å². The lowest BCUT2D eigenvalue weighted by Crippen LogP contribution is -2.45. The molecule has 0 saturated heterocycles. The quantitative estimate of drug-likeness (QED) is 0.470. The molecule has 1 atom stereocenters. The van der Waals surface area contributed by atoms with Crippen molar-refractivity contribution in [2.75, 3.05) is 16.2 Å². The van der Waals surface area contributed by atoms with Gasteiger partial charge < -0.3 is 9.47 Å². The fourth-order valence-electron chi connectivity index (χ4n) is 3.60. The van der Waals surface area contributed by atoms with E-state index in [0.717, 1.165) is 4.31 Å². The summed E-state index contributed by atoms with van der Waals surface area (Å²) in [7, 11) is -4.32. The van der Waals surface area contributed by atoms with E-state index < -0.39 is 39.4 Å². The molecule has 38 heavy (non-hydrogen) atoms. The Bertz CT molecular complexity index is 1370. The van der Waals surface area contributed by atoms with Gasteiger partial charge in [0.15, 0.2) is 5.15 Å². The van der Waals surface area contributed by atoms with E-state index in [1.165, 1.54) is 29.1 Å². The molecule has 1 amide bonds. The average molecular weight is 578 g/mol. The minimum Gasteiger partial charge on any atom is -0.486 e. The highest BCUT2D eigenvalue weighted by Gasteiger charge is 2.51. The van der Waals surface area contributed by atoms with E-state index in [1.54, 1.807) is 20.8 Å². The number of nitrogens with zero attached hydrogens (tertiary/aromatic N) is 4. The highest BCUT2D eigenvalue weighted by Crippen LogP contribution is 2.42. The van der Waals surface area contributed by atoms with E-state index in [1.807, 2.05) is 0 Å². The Kier molecular flexibility index (Phi) is 7.87. The van der Waals surface area contributed by atoms with Crippen molar-refractivity contribution >= 4 is 39.1 Å². The van der Waals surface area contributed by atoms with Crippen LogP contribution in [0.2, 0.25) is 5.15 Å². The third-order valence-corrected chi connectivity index (χ3v) is 7.96. The molecular formula is C23H27ClF3N5O5S. The zero-order valence-electron chi connectivity index (χ0n) is 21.3. The molecule has 1 aliphatic rings. The number of fused-ring (bicyclic) bond motifs is 1. The maximum absolute atomic E-state index is 13.7. The third-order valence-electron chi connectivity index (χ3n) is 5.79. The second kappa shape index (κ2) is 10.2. The van der Waals surface area contributed by atoms with Crippen LogP contribution in [-0.2, 0) is 21.3 Å². The van der Waals surface area contributed by atoms with Crippen molar-refractivity contribution in [1.29, 1.82) is 5.26 Å². The van der Waals surface area contributed by atoms with Crippen LogP contribution in [0.25, 0.3) is 0 Å². The molecule has 15 heteroatoms. The number of nitriles is 1. The van der Waals surface area contributed by atoms with Gasteiger partial charge in [-0.1, -0.05) is 11.6 Å². The van der Waals surface area contributed by atoms with E-state index in [-0.39, 0.29) is 40.1 Å². The molecule has 0 unspecified atom stereocenters. The Morgan fingerprint density at radius 2 is 1.97 bits per heavy atom. The van der Waals surface area contributed by atoms with E-state index in [2.05, 4.69) is 21.2 Å². The van der Waals surface area contributed by atoms with Crippen LogP contribution in [0.5, 0.6) is 5.75 Å². The number of rotatable bonds is 7. The van der Waals surface area contributed by atoms with Crippen molar-refractivity contribution in [3.63, 3.8) is 0 Å². The van der Waals surface area contributed by atoms with Crippen molar-refractivity contribution in [1.82, 2.24) is 9.78 Å². The number of ether oxygens (including phenoxy) is 2. The van der Waals surface area contributed by atoms with E-state index in [4.69, 9.17) is 16.3 Å². The van der Waals surface area contributed by atoms with Gasteiger partial charge >= 0.3 is 12.3 Å². The van der Waals surface area contributed by atoms with Crippen molar-refractivity contribution in [2.24, 2.45) is 5.41 Å². The van der Waals surface area contributed by atoms with Crippen LogP contribution >= 0.6 is 11.6 Å². The number of anilines is 2. The van der Waals surface area contributed by atoms with Gasteiger partial charge in [-0.25, -0.2) is 13.2 Å². The monoisotopic (exact) mass is 577 g/mol. The summed E-state index contributed by atoms with van der Waals surface area (Å²) in [6.45, 7) is 6.68. The maximum Gasteiger partial charge on any atom is 0.427 e. The lowest BCUT2D eigenvalue weighted by Gasteiger charge is -2.37. The van der Waals surface area contributed by atoms with Crippen LogP contribution in [0.15, 0.2) is 29.3 Å². The SMILES string of the molecule is CCn1cc(S(=O)(=O)N2C[C@H](CC(C)(C)C#N)Oc3ccc(NC(=O)OC(C)(C)C(F)(F)F)cc32)c(Cl)n1. The molecule has 2 heterocycles. The number of carbonyl (C=O) groups is 1. The zero-order chi connectivity index (χ0) is 28.7. The summed E-state index contributed by atoms with van der Waals surface area (Å²) in [6, 6.07) is 6.08. The molecule has 10 nitrogen and oxygen atoms in total. The second-order valence-corrected chi connectivity index (χ2v) is 12.0. The molecular weight excluding hydrogens is 551 g/mol. The van der Waals surface area contributed by atoms with Gasteiger partial charge in [0.2, 0.25) is 5.60 Å². The van der Waals surface area contributed by atoms with Gasteiger partial charge in [0, 0.05) is 24.8 Å². The topological polar surface area (TPSA) is 127 Å². The van der Waals surface area contributed by atoms with Crippen LogP contribution in [-0.4, -0.2) is 48.7 Å². The minimum atomic E-state index is -4.81. The van der Waals surface area contributed by atoms with E-state index in [0.29, 0.717) is 20.4 Å². The number of aromatic nitrogens is 2. The molecule has 1 N–H and O–H groups in total. The number of hydrogen-bond donors (Lipinski definition) is 1. The Hall–Kier alpha value is -3.18. The number of sulfonamides is 1. The van der Waals surface area contributed by atoms with Crippen LogP contribution in [0.3, 0.4) is 0 Å². The van der Waals surface area contributed by atoms with Crippen molar-refractivity contribution in [3.05, 3.63) is 29.5 Å². The fraction of sp³-hybridized carbons (Fsp3) is 0.522. The summed E-state index contributed by atoms with van der Waals surface area (Å²) in [5, 5.41) is 15.4. The standard InChI is InChI=1S/C23H27ClF3N5O5S/c1-6-31-12-18(19(24)30-31)38(34,35)32-11-15(10-21(2,3)13-28)36-17-8-7-14(9-16(17)32)29-20(33)37-22(4,5)23(25,26)27/h7-9,12,15H,6,10-11H2,1-5H3,(H,29,33)/t15-/m0/s1.